The largest absolute Gasteiger partial charge is 0.0776 e. The minimum atomic E-state index is 0. The van der Waals surface area contributed by atoms with Gasteiger partial charge in [0, 0.05) is 0 Å². The molecule has 0 nitrogen and oxygen atoms in total. The predicted molar refractivity (Wildman–Crippen MR) is 86.4 cm³/mol. The highest BCUT2D eigenvalue weighted by atomic mass is 14.1. The fraction of sp³-hybridized carbons (Fsp3) is 1.00. The Morgan fingerprint density at radius 2 is 0.562 bits per heavy atom. The van der Waals surface area contributed by atoms with Gasteiger partial charge in [-0.05, 0) is 10.8 Å². The molecular formula is C16H44. The van der Waals surface area contributed by atoms with Crippen molar-refractivity contribution < 1.29 is 0 Å². The number of rotatable bonds is 0. The van der Waals surface area contributed by atoms with Crippen molar-refractivity contribution in [3.8, 4) is 0 Å². The molecule has 0 heterocycles. The highest BCUT2D eigenvalue weighted by Gasteiger charge is 2.03. The molecule has 0 atom stereocenters. The van der Waals surface area contributed by atoms with Crippen molar-refractivity contribution in [3.63, 3.8) is 0 Å². The van der Waals surface area contributed by atoms with Gasteiger partial charge in [0.1, 0.15) is 0 Å². The van der Waals surface area contributed by atoms with Gasteiger partial charge in [-0.1, -0.05) is 97.9 Å². The van der Waals surface area contributed by atoms with Crippen LogP contribution in [0.15, 0.2) is 0 Å². The van der Waals surface area contributed by atoms with E-state index in [4.69, 9.17) is 0 Å². The van der Waals surface area contributed by atoms with Crippen molar-refractivity contribution in [1.82, 2.24) is 0 Å². The van der Waals surface area contributed by atoms with Crippen molar-refractivity contribution in [2.45, 2.75) is 97.9 Å². The van der Waals surface area contributed by atoms with Crippen LogP contribution in [0.4, 0.5) is 0 Å². The lowest BCUT2D eigenvalue weighted by Gasteiger charge is -2.12. The second-order valence-corrected chi connectivity index (χ2v) is 5.83. The van der Waals surface area contributed by atoms with Crippen LogP contribution in [0.5, 0.6) is 0 Å². The van der Waals surface area contributed by atoms with Crippen molar-refractivity contribution in [1.29, 1.82) is 0 Å². The van der Waals surface area contributed by atoms with Crippen LogP contribution >= 0.6 is 0 Å². The molecule has 0 heteroatoms. The van der Waals surface area contributed by atoms with E-state index in [-0.39, 0.29) is 29.7 Å². The van der Waals surface area contributed by atoms with Crippen molar-refractivity contribution >= 4 is 0 Å². The van der Waals surface area contributed by atoms with Gasteiger partial charge in [-0.3, -0.25) is 0 Å². The fourth-order valence-electron chi connectivity index (χ4n) is 0. The first-order valence-corrected chi connectivity index (χ1v) is 5.12. The van der Waals surface area contributed by atoms with Gasteiger partial charge in [0.25, 0.3) is 0 Å². The lowest BCUT2D eigenvalue weighted by Crippen LogP contribution is -2.00. The summed E-state index contributed by atoms with van der Waals surface area (Å²) in [5.41, 5.74) is 1.08. The van der Waals surface area contributed by atoms with Gasteiger partial charge >= 0.3 is 0 Å². The molecule has 0 saturated carbocycles. The lowest BCUT2D eigenvalue weighted by molar-refractivity contribution is 0.397. The van der Waals surface area contributed by atoms with Crippen LogP contribution in [-0.4, -0.2) is 0 Å². The second kappa shape index (κ2) is 15.0. The summed E-state index contributed by atoms with van der Waals surface area (Å²) in [7, 11) is 0. The van der Waals surface area contributed by atoms with Crippen LogP contribution < -0.4 is 0 Å². The van der Waals surface area contributed by atoms with E-state index in [1.165, 1.54) is 12.8 Å². The van der Waals surface area contributed by atoms with E-state index in [2.05, 4.69) is 55.4 Å². The number of hydrogen-bond donors (Lipinski definition) is 0. The maximum atomic E-state index is 2.24. The molecule has 0 aliphatic heterocycles. The summed E-state index contributed by atoms with van der Waals surface area (Å²) in [5, 5.41) is 0. The zero-order valence-electron chi connectivity index (χ0n) is 10.4. The lowest BCUT2D eigenvalue weighted by atomic mass is 9.94. The van der Waals surface area contributed by atoms with E-state index in [0.717, 1.165) is 0 Å². The van der Waals surface area contributed by atoms with Crippen LogP contribution in [0.3, 0.4) is 0 Å². The molecule has 0 aromatic rings. The molecule has 16 heavy (non-hydrogen) atoms. The molecule has 0 unspecified atom stereocenters. The third-order valence-electron chi connectivity index (χ3n) is 2.12. The Kier molecular flexibility index (Phi) is 33.8. The molecule has 0 aliphatic rings. The van der Waals surface area contributed by atoms with Crippen LogP contribution in [0.2, 0.25) is 0 Å². The van der Waals surface area contributed by atoms with Crippen molar-refractivity contribution in [2.75, 3.05) is 0 Å². The Labute approximate surface area is 109 Å². The highest BCUT2D eigenvalue weighted by Crippen LogP contribution is 2.16. The normalized spacial score (nSPS) is 9.00. The second-order valence-electron chi connectivity index (χ2n) is 5.83. The van der Waals surface area contributed by atoms with Crippen LogP contribution in [0.25, 0.3) is 0 Å². The highest BCUT2D eigenvalue weighted by molar-refractivity contribution is 4.55. The average molecular weight is 237 g/mol. The first-order valence-electron chi connectivity index (χ1n) is 5.12. The summed E-state index contributed by atoms with van der Waals surface area (Å²) in [5.74, 6) is 0. The minimum absolute atomic E-state index is 0. The molecule has 0 aromatic heterocycles. The first-order chi connectivity index (χ1) is 5.12. The Morgan fingerprint density at radius 1 is 0.500 bits per heavy atom. The summed E-state index contributed by atoms with van der Waals surface area (Å²) in [4.78, 5) is 0. The quantitative estimate of drug-likeness (QED) is 0.410. The molecule has 0 radical (unpaired) electrons. The summed E-state index contributed by atoms with van der Waals surface area (Å²) in [6.07, 6.45) is 2.54. The van der Waals surface area contributed by atoms with Crippen LogP contribution in [-0.2, 0) is 0 Å². The van der Waals surface area contributed by atoms with Gasteiger partial charge in [0.2, 0.25) is 0 Å². The van der Waals surface area contributed by atoms with Gasteiger partial charge in [0.05, 0.1) is 0 Å². The monoisotopic (exact) mass is 236 g/mol. The van der Waals surface area contributed by atoms with E-state index >= 15 is 0 Å². The minimum Gasteiger partial charge on any atom is -0.0776 e. The standard InChI is InChI=1S/2C6H14.4CH4/c2*1-5-6(2,3)4;;;;/h2*5H2,1-4H3;4*1H4. The molecule has 0 bridgehead atoms. The van der Waals surface area contributed by atoms with E-state index in [1.807, 2.05) is 0 Å². The third kappa shape index (κ3) is 65.7. The Hall–Kier alpha value is 0. The van der Waals surface area contributed by atoms with Gasteiger partial charge in [-0.25, -0.2) is 0 Å². The van der Waals surface area contributed by atoms with Crippen LogP contribution in [0, 0.1) is 10.8 Å². The zero-order valence-corrected chi connectivity index (χ0v) is 10.4. The molecule has 0 fully saturated rings. The molecule has 0 N–H and O–H groups in total. The van der Waals surface area contributed by atoms with Gasteiger partial charge in [-0.15, -0.1) is 0 Å². The Bertz CT molecular complexity index is 73.6. The summed E-state index contributed by atoms with van der Waals surface area (Å²) in [6, 6.07) is 0. The van der Waals surface area contributed by atoms with E-state index in [1.54, 1.807) is 0 Å². The molecule has 0 aliphatic carbocycles. The summed E-state index contributed by atoms with van der Waals surface area (Å²) in [6.45, 7) is 17.9. The van der Waals surface area contributed by atoms with Crippen molar-refractivity contribution in [3.05, 3.63) is 0 Å². The summed E-state index contributed by atoms with van der Waals surface area (Å²) >= 11 is 0. The maximum Gasteiger partial charge on any atom is -0.0385 e. The smallest absolute Gasteiger partial charge is 0.0385 e. The Morgan fingerprint density at radius 3 is 0.562 bits per heavy atom. The zero-order chi connectivity index (χ0) is 10.4. The maximum absolute atomic E-state index is 2.24. The molecular weight excluding hydrogens is 192 g/mol. The molecule has 0 rings (SSSR count). The third-order valence-corrected chi connectivity index (χ3v) is 2.12. The van der Waals surface area contributed by atoms with E-state index in [9.17, 15) is 0 Å². The predicted octanol–water partition coefficient (Wildman–Crippen LogP) is 7.43. The van der Waals surface area contributed by atoms with E-state index < -0.39 is 0 Å². The fourth-order valence-corrected chi connectivity index (χ4v) is 0. The molecule has 0 amide bonds. The Balaban J connectivity index is -0.0000000250. The van der Waals surface area contributed by atoms with Crippen molar-refractivity contribution in [2.24, 2.45) is 10.8 Å². The topological polar surface area (TPSA) is 0 Å². The van der Waals surface area contributed by atoms with Gasteiger partial charge in [-0.2, -0.15) is 0 Å². The van der Waals surface area contributed by atoms with E-state index in [0.29, 0.717) is 10.8 Å². The van der Waals surface area contributed by atoms with Crippen LogP contribution in [0.1, 0.15) is 97.9 Å². The SMILES string of the molecule is C.C.C.C.CCC(C)(C)C.CCC(C)(C)C. The number of hydrogen-bond acceptors (Lipinski definition) is 0. The molecule has 0 aromatic carbocycles. The van der Waals surface area contributed by atoms with Gasteiger partial charge < -0.3 is 0 Å². The molecule has 108 valence electrons. The molecule has 0 spiro atoms. The summed E-state index contributed by atoms with van der Waals surface area (Å²) < 4.78 is 0. The average Bonchev–Trinajstić information content (AvgIpc) is 1.86. The molecule has 0 saturated heterocycles. The van der Waals surface area contributed by atoms with Gasteiger partial charge in [0.15, 0.2) is 0 Å². The first kappa shape index (κ1) is 36.0.